The van der Waals surface area contributed by atoms with Crippen LogP contribution in [-0.2, 0) is 0 Å². The molecule has 102 valence electrons. The van der Waals surface area contributed by atoms with Crippen LogP contribution in [0.3, 0.4) is 0 Å². The van der Waals surface area contributed by atoms with Crippen molar-refractivity contribution in [3.63, 3.8) is 0 Å². The largest absolute Gasteiger partial charge is 0.358 e. The third kappa shape index (κ3) is 2.72. The highest BCUT2D eigenvalue weighted by Gasteiger charge is 2.27. The molecular weight excluding hydrogens is 276 g/mol. The summed E-state index contributed by atoms with van der Waals surface area (Å²) < 4.78 is 1.16. The van der Waals surface area contributed by atoms with Crippen LogP contribution < -0.4 is 5.32 Å². The first-order valence-corrected chi connectivity index (χ1v) is 8.15. The maximum absolute atomic E-state index is 6.02. The van der Waals surface area contributed by atoms with Crippen molar-refractivity contribution in [3.05, 3.63) is 23.2 Å². The molecule has 0 bridgehead atoms. The Bertz CT molecular complexity index is 581. The molecule has 1 N–H and O–H groups in total. The molecule has 2 aromatic rings. The maximum Gasteiger partial charge on any atom is 0.184 e. The van der Waals surface area contributed by atoms with Crippen molar-refractivity contribution in [1.29, 1.82) is 0 Å². The van der Waals surface area contributed by atoms with Crippen molar-refractivity contribution < 1.29 is 0 Å². The van der Waals surface area contributed by atoms with Gasteiger partial charge in [-0.25, -0.2) is 4.98 Å². The number of aromatic nitrogens is 1. The fourth-order valence-corrected chi connectivity index (χ4v) is 4.11. The van der Waals surface area contributed by atoms with Crippen LogP contribution in [-0.4, -0.2) is 11.0 Å². The normalized spacial score (nSPS) is 27.6. The smallest absolute Gasteiger partial charge is 0.184 e. The van der Waals surface area contributed by atoms with Gasteiger partial charge in [-0.3, -0.25) is 0 Å². The lowest BCUT2D eigenvalue weighted by Crippen LogP contribution is -2.34. The van der Waals surface area contributed by atoms with E-state index in [2.05, 4.69) is 24.1 Å². The monoisotopic (exact) mass is 294 g/mol. The Hall–Kier alpha value is -0.800. The summed E-state index contributed by atoms with van der Waals surface area (Å²) in [7, 11) is 0. The Morgan fingerprint density at radius 1 is 1.32 bits per heavy atom. The second-order valence-electron chi connectivity index (χ2n) is 5.65. The second-order valence-corrected chi connectivity index (χ2v) is 7.12. The molecule has 1 aromatic carbocycles. The highest BCUT2D eigenvalue weighted by molar-refractivity contribution is 7.22. The van der Waals surface area contributed by atoms with Crippen molar-refractivity contribution in [3.8, 4) is 0 Å². The molecule has 1 heterocycles. The molecule has 3 rings (SSSR count). The van der Waals surface area contributed by atoms with E-state index in [4.69, 9.17) is 11.6 Å². The lowest BCUT2D eigenvalue weighted by Gasteiger charge is -2.34. The molecule has 0 aliphatic heterocycles. The summed E-state index contributed by atoms with van der Waals surface area (Å²) in [5.74, 6) is 1.51. The average molecular weight is 295 g/mol. The third-order valence-corrected chi connectivity index (χ3v) is 5.55. The molecular formula is C15H19ClN2S. The zero-order chi connectivity index (χ0) is 13.4. The van der Waals surface area contributed by atoms with Crippen molar-refractivity contribution in [1.82, 2.24) is 4.98 Å². The van der Waals surface area contributed by atoms with Gasteiger partial charge in [-0.05, 0) is 36.5 Å². The highest BCUT2D eigenvalue weighted by atomic mass is 35.5. The van der Waals surface area contributed by atoms with E-state index in [1.807, 2.05) is 18.2 Å². The molecule has 3 atom stereocenters. The van der Waals surface area contributed by atoms with Gasteiger partial charge in [0, 0.05) is 11.1 Å². The molecule has 1 aliphatic rings. The number of nitrogens with zero attached hydrogens (tertiary/aromatic N) is 1. The number of thiazole rings is 1. The van der Waals surface area contributed by atoms with Gasteiger partial charge in [0.2, 0.25) is 0 Å². The number of hydrogen-bond acceptors (Lipinski definition) is 3. The van der Waals surface area contributed by atoms with Crippen LogP contribution in [0.1, 0.15) is 33.1 Å². The summed E-state index contributed by atoms with van der Waals surface area (Å²) >= 11 is 7.72. The number of rotatable bonds is 2. The van der Waals surface area contributed by atoms with E-state index in [9.17, 15) is 0 Å². The summed E-state index contributed by atoms with van der Waals surface area (Å²) in [6, 6.07) is 6.44. The molecule has 0 amide bonds. The van der Waals surface area contributed by atoms with E-state index in [1.165, 1.54) is 19.3 Å². The summed E-state index contributed by atoms with van der Waals surface area (Å²) in [6.45, 7) is 4.71. The van der Waals surface area contributed by atoms with Crippen LogP contribution in [0.2, 0.25) is 5.02 Å². The number of fused-ring (bicyclic) bond motifs is 1. The van der Waals surface area contributed by atoms with Crippen molar-refractivity contribution in [2.24, 2.45) is 11.8 Å². The van der Waals surface area contributed by atoms with Crippen LogP contribution >= 0.6 is 22.9 Å². The highest BCUT2D eigenvalue weighted by Crippen LogP contribution is 2.34. The van der Waals surface area contributed by atoms with Crippen LogP contribution in [0.25, 0.3) is 10.2 Å². The molecule has 3 unspecified atom stereocenters. The molecule has 0 radical (unpaired) electrons. The lowest BCUT2D eigenvalue weighted by molar-refractivity contribution is 0.253. The van der Waals surface area contributed by atoms with E-state index in [1.54, 1.807) is 11.3 Å². The lowest BCUT2D eigenvalue weighted by atomic mass is 9.78. The predicted octanol–water partition coefficient (Wildman–Crippen LogP) is 5.19. The fourth-order valence-electron chi connectivity index (χ4n) is 2.90. The van der Waals surface area contributed by atoms with E-state index >= 15 is 0 Å². The first-order chi connectivity index (χ1) is 9.13. The topological polar surface area (TPSA) is 24.9 Å². The second kappa shape index (κ2) is 5.29. The van der Waals surface area contributed by atoms with Gasteiger partial charge in [0.05, 0.1) is 10.2 Å². The molecule has 0 saturated heterocycles. The minimum absolute atomic E-state index is 0.555. The zero-order valence-corrected chi connectivity index (χ0v) is 12.9. The van der Waals surface area contributed by atoms with Crippen LogP contribution in [0, 0.1) is 11.8 Å². The van der Waals surface area contributed by atoms with E-state index < -0.39 is 0 Å². The Labute approximate surface area is 123 Å². The first-order valence-electron chi connectivity index (χ1n) is 6.96. The maximum atomic E-state index is 6.02. The molecule has 1 aliphatic carbocycles. The van der Waals surface area contributed by atoms with E-state index in [0.29, 0.717) is 12.0 Å². The summed E-state index contributed by atoms with van der Waals surface area (Å²) in [5, 5.41) is 5.44. The van der Waals surface area contributed by atoms with Crippen LogP contribution in [0.15, 0.2) is 18.2 Å². The number of benzene rings is 1. The molecule has 0 spiro atoms. The van der Waals surface area contributed by atoms with Crippen molar-refractivity contribution >= 4 is 38.3 Å². The van der Waals surface area contributed by atoms with Gasteiger partial charge in [0.1, 0.15) is 0 Å². The predicted molar refractivity (Wildman–Crippen MR) is 84.2 cm³/mol. The third-order valence-electron chi connectivity index (χ3n) is 4.37. The van der Waals surface area contributed by atoms with Gasteiger partial charge in [-0.1, -0.05) is 49.6 Å². The van der Waals surface area contributed by atoms with Crippen LogP contribution in [0.5, 0.6) is 0 Å². The van der Waals surface area contributed by atoms with Crippen molar-refractivity contribution in [2.75, 3.05) is 5.32 Å². The molecule has 2 nitrogen and oxygen atoms in total. The van der Waals surface area contributed by atoms with Crippen LogP contribution in [0.4, 0.5) is 5.13 Å². The quantitative estimate of drug-likeness (QED) is 0.825. The minimum atomic E-state index is 0.555. The van der Waals surface area contributed by atoms with Gasteiger partial charge in [-0.2, -0.15) is 0 Å². The fraction of sp³-hybridized carbons (Fsp3) is 0.533. The number of anilines is 1. The van der Waals surface area contributed by atoms with E-state index in [-0.39, 0.29) is 0 Å². The molecule has 19 heavy (non-hydrogen) atoms. The summed E-state index contributed by atoms with van der Waals surface area (Å²) in [4.78, 5) is 4.66. The Balaban J connectivity index is 1.81. The van der Waals surface area contributed by atoms with Gasteiger partial charge < -0.3 is 5.32 Å². The minimum Gasteiger partial charge on any atom is -0.358 e. The van der Waals surface area contributed by atoms with Gasteiger partial charge >= 0.3 is 0 Å². The number of halogens is 1. The van der Waals surface area contributed by atoms with E-state index in [0.717, 1.165) is 26.3 Å². The molecule has 1 saturated carbocycles. The zero-order valence-electron chi connectivity index (χ0n) is 11.3. The Morgan fingerprint density at radius 3 is 3.00 bits per heavy atom. The Morgan fingerprint density at radius 2 is 2.16 bits per heavy atom. The Kier molecular flexibility index (Phi) is 3.68. The average Bonchev–Trinajstić information content (AvgIpc) is 2.76. The van der Waals surface area contributed by atoms with Gasteiger partial charge in [0.15, 0.2) is 5.13 Å². The van der Waals surface area contributed by atoms with Gasteiger partial charge in [-0.15, -0.1) is 0 Å². The van der Waals surface area contributed by atoms with Gasteiger partial charge in [0.25, 0.3) is 0 Å². The summed E-state index contributed by atoms with van der Waals surface area (Å²) in [5.41, 5.74) is 1.04. The molecule has 4 heteroatoms. The number of hydrogen-bond donors (Lipinski definition) is 1. The number of nitrogens with one attached hydrogen (secondary N) is 1. The first kappa shape index (κ1) is 13.2. The summed E-state index contributed by atoms with van der Waals surface area (Å²) in [6.07, 6.45) is 3.93. The van der Waals surface area contributed by atoms with Crippen molar-refractivity contribution in [2.45, 2.75) is 39.2 Å². The molecule has 1 fully saturated rings. The SMILES string of the molecule is CC1CCCC(Nc2nc3ccc(Cl)cc3s2)C1C. The molecule has 1 aromatic heterocycles. The standard InChI is InChI=1S/C15H19ClN2S/c1-9-4-3-5-12(10(9)2)17-15-18-13-7-6-11(16)8-14(13)19-15/h6-10,12H,3-5H2,1-2H3,(H,17,18).